The van der Waals surface area contributed by atoms with E-state index in [1.165, 1.54) is 5.56 Å². The quantitative estimate of drug-likeness (QED) is 0.599. The van der Waals surface area contributed by atoms with Crippen LogP contribution < -0.4 is 15.4 Å². The van der Waals surface area contributed by atoms with Gasteiger partial charge < -0.3 is 15.4 Å². The lowest BCUT2D eigenvalue weighted by Crippen LogP contribution is -2.22. The lowest BCUT2D eigenvalue weighted by Gasteiger charge is -2.23. The van der Waals surface area contributed by atoms with Crippen molar-refractivity contribution in [1.82, 2.24) is 9.97 Å². The van der Waals surface area contributed by atoms with Crippen LogP contribution in [0.5, 0.6) is 5.75 Å². The van der Waals surface area contributed by atoms with Gasteiger partial charge in [0.05, 0.1) is 18.4 Å². The van der Waals surface area contributed by atoms with Gasteiger partial charge in [-0.1, -0.05) is 30.7 Å². The summed E-state index contributed by atoms with van der Waals surface area (Å²) in [6, 6.07) is 13.8. The number of hydrogen-bond donors (Lipinski definition) is 2. The molecular formula is C24H26N4O2. The summed E-state index contributed by atoms with van der Waals surface area (Å²) in [4.78, 5) is 22.2. The first-order valence-corrected chi connectivity index (χ1v) is 10.1. The predicted octanol–water partition coefficient (Wildman–Crippen LogP) is 5.35. The monoisotopic (exact) mass is 402 g/mol. The molecule has 4 rings (SSSR count). The van der Waals surface area contributed by atoms with E-state index in [2.05, 4.69) is 40.5 Å². The van der Waals surface area contributed by atoms with Crippen LogP contribution in [0.25, 0.3) is 0 Å². The maximum absolute atomic E-state index is 12.8. The van der Waals surface area contributed by atoms with Gasteiger partial charge in [-0.3, -0.25) is 4.79 Å². The van der Waals surface area contributed by atoms with Crippen molar-refractivity contribution in [2.45, 2.75) is 33.6 Å². The molecule has 0 aliphatic heterocycles. The van der Waals surface area contributed by atoms with E-state index in [0.29, 0.717) is 23.8 Å². The maximum atomic E-state index is 12.8. The van der Waals surface area contributed by atoms with Gasteiger partial charge in [-0.2, -0.15) is 4.98 Å². The number of hydrogen-bond acceptors (Lipinski definition) is 6. The number of carbonyl (C=O) groups excluding carboxylic acids is 1. The minimum Gasteiger partial charge on any atom is -0.497 e. The van der Waals surface area contributed by atoms with Crippen molar-refractivity contribution in [2.75, 3.05) is 17.7 Å². The molecule has 1 aromatic heterocycles. The molecule has 6 nitrogen and oxygen atoms in total. The number of rotatable bonds is 5. The smallest absolute Gasteiger partial charge is 0.229 e. The standard InChI is InChI=1S/C24H26N4O2/c1-14-8-9-19(16(3)10-14)26-23-22-20(11-15(2)12-21(22)29)27-24(28-23)25-17-6-5-7-18(13-17)30-4/h5-10,13,15H,11-12H2,1-4H3,(H2,25,26,27,28). The van der Waals surface area contributed by atoms with Crippen molar-refractivity contribution in [2.24, 2.45) is 5.92 Å². The van der Waals surface area contributed by atoms with Gasteiger partial charge in [-0.25, -0.2) is 4.98 Å². The molecule has 30 heavy (non-hydrogen) atoms. The summed E-state index contributed by atoms with van der Waals surface area (Å²) in [5.41, 5.74) is 5.42. The normalized spacial score (nSPS) is 15.5. The number of fused-ring (bicyclic) bond motifs is 1. The van der Waals surface area contributed by atoms with Gasteiger partial charge in [0.1, 0.15) is 11.6 Å². The summed E-state index contributed by atoms with van der Waals surface area (Å²) in [5, 5.41) is 6.64. The van der Waals surface area contributed by atoms with E-state index < -0.39 is 0 Å². The number of anilines is 4. The summed E-state index contributed by atoms with van der Waals surface area (Å²) in [7, 11) is 1.63. The summed E-state index contributed by atoms with van der Waals surface area (Å²) in [6.07, 6.45) is 1.26. The largest absolute Gasteiger partial charge is 0.497 e. The molecule has 6 heteroatoms. The van der Waals surface area contributed by atoms with Crippen molar-refractivity contribution < 1.29 is 9.53 Å². The number of ether oxygens (including phenoxy) is 1. The Labute approximate surface area is 176 Å². The molecule has 1 unspecified atom stereocenters. The Balaban J connectivity index is 1.76. The second-order valence-electron chi connectivity index (χ2n) is 7.95. The highest BCUT2D eigenvalue weighted by atomic mass is 16.5. The number of carbonyl (C=O) groups is 1. The minimum absolute atomic E-state index is 0.0870. The fraction of sp³-hybridized carbons (Fsp3) is 0.292. The molecule has 1 heterocycles. The van der Waals surface area contributed by atoms with E-state index in [1.54, 1.807) is 7.11 Å². The molecule has 0 saturated heterocycles. The lowest BCUT2D eigenvalue weighted by atomic mass is 9.87. The van der Waals surface area contributed by atoms with Gasteiger partial charge >= 0.3 is 0 Å². The second kappa shape index (κ2) is 8.14. The third-order valence-corrected chi connectivity index (χ3v) is 5.30. The number of nitrogens with zero attached hydrogens (tertiary/aromatic N) is 2. The summed E-state index contributed by atoms with van der Waals surface area (Å²) in [6.45, 7) is 6.18. The van der Waals surface area contributed by atoms with Crippen LogP contribution >= 0.6 is 0 Å². The highest BCUT2D eigenvalue weighted by molar-refractivity contribution is 6.03. The highest BCUT2D eigenvalue weighted by Crippen LogP contribution is 2.33. The fourth-order valence-electron chi connectivity index (χ4n) is 3.83. The van der Waals surface area contributed by atoms with Crippen molar-refractivity contribution in [1.29, 1.82) is 0 Å². The van der Waals surface area contributed by atoms with Crippen LogP contribution in [-0.2, 0) is 6.42 Å². The molecule has 154 valence electrons. The van der Waals surface area contributed by atoms with Gasteiger partial charge in [0.2, 0.25) is 5.95 Å². The van der Waals surface area contributed by atoms with E-state index in [9.17, 15) is 4.79 Å². The fourth-order valence-corrected chi connectivity index (χ4v) is 3.83. The number of ketones is 1. The predicted molar refractivity (Wildman–Crippen MR) is 119 cm³/mol. The van der Waals surface area contributed by atoms with Crippen LogP contribution in [0, 0.1) is 19.8 Å². The average molecular weight is 402 g/mol. The molecule has 0 spiro atoms. The number of aromatic nitrogens is 2. The minimum atomic E-state index is 0.0870. The van der Waals surface area contributed by atoms with Gasteiger partial charge in [-0.15, -0.1) is 0 Å². The van der Waals surface area contributed by atoms with Gasteiger partial charge in [0.15, 0.2) is 5.78 Å². The van der Waals surface area contributed by atoms with Gasteiger partial charge in [-0.05, 0) is 49.9 Å². The van der Waals surface area contributed by atoms with E-state index in [1.807, 2.05) is 43.3 Å². The van der Waals surface area contributed by atoms with Crippen LogP contribution in [0.15, 0.2) is 42.5 Å². The Hall–Kier alpha value is -3.41. The molecule has 1 atom stereocenters. The SMILES string of the molecule is COc1cccc(Nc2nc3c(c(Nc4ccc(C)cc4C)n2)C(=O)CC(C)C3)c1. The summed E-state index contributed by atoms with van der Waals surface area (Å²) < 4.78 is 5.30. The molecule has 3 aromatic rings. The zero-order valence-electron chi connectivity index (χ0n) is 17.7. The number of aryl methyl sites for hydroxylation is 2. The zero-order valence-corrected chi connectivity index (χ0v) is 17.7. The number of nitrogens with one attached hydrogen (secondary N) is 2. The molecule has 0 fully saturated rings. The third-order valence-electron chi connectivity index (χ3n) is 5.30. The Kier molecular flexibility index (Phi) is 5.40. The first kappa shape index (κ1) is 19.9. The molecule has 1 aliphatic rings. The zero-order chi connectivity index (χ0) is 21.3. The van der Waals surface area contributed by atoms with E-state index in [4.69, 9.17) is 4.74 Å². The van der Waals surface area contributed by atoms with Crippen LogP contribution in [0.4, 0.5) is 23.1 Å². The lowest BCUT2D eigenvalue weighted by molar-refractivity contribution is 0.0953. The Morgan fingerprint density at radius 3 is 2.63 bits per heavy atom. The van der Waals surface area contributed by atoms with E-state index in [-0.39, 0.29) is 11.7 Å². The maximum Gasteiger partial charge on any atom is 0.229 e. The highest BCUT2D eigenvalue weighted by Gasteiger charge is 2.28. The summed E-state index contributed by atoms with van der Waals surface area (Å²) in [5.74, 6) is 2.10. The number of benzene rings is 2. The van der Waals surface area contributed by atoms with Crippen molar-refractivity contribution >= 4 is 28.9 Å². The van der Waals surface area contributed by atoms with Gasteiger partial charge in [0, 0.05) is 23.9 Å². The molecule has 0 radical (unpaired) electrons. The van der Waals surface area contributed by atoms with E-state index in [0.717, 1.165) is 34.8 Å². The number of Topliss-reactive ketones (excluding diaryl/α,β-unsaturated/α-hetero) is 1. The average Bonchev–Trinajstić information content (AvgIpc) is 2.69. The topological polar surface area (TPSA) is 76.1 Å². The molecule has 2 N–H and O–H groups in total. The third kappa shape index (κ3) is 4.13. The molecule has 0 saturated carbocycles. The van der Waals surface area contributed by atoms with Crippen molar-refractivity contribution in [3.05, 3.63) is 64.8 Å². The Bertz CT molecular complexity index is 1110. The summed E-state index contributed by atoms with van der Waals surface area (Å²) >= 11 is 0. The first-order chi connectivity index (χ1) is 14.4. The van der Waals surface area contributed by atoms with Crippen LogP contribution in [0.2, 0.25) is 0 Å². The van der Waals surface area contributed by atoms with Crippen LogP contribution in [-0.4, -0.2) is 22.9 Å². The van der Waals surface area contributed by atoms with Crippen LogP contribution in [0.3, 0.4) is 0 Å². The van der Waals surface area contributed by atoms with Crippen molar-refractivity contribution in [3.8, 4) is 5.75 Å². The van der Waals surface area contributed by atoms with Crippen molar-refractivity contribution in [3.63, 3.8) is 0 Å². The molecule has 2 aromatic carbocycles. The Morgan fingerprint density at radius 1 is 1.03 bits per heavy atom. The Morgan fingerprint density at radius 2 is 1.87 bits per heavy atom. The van der Waals surface area contributed by atoms with Crippen LogP contribution in [0.1, 0.15) is 40.5 Å². The molecule has 0 bridgehead atoms. The molecule has 1 aliphatic carbocycles. The van der Waals surface area contributed by atoms with Gasteiger partial charge in [0.25, 0.3) is 0 Å². The number of methoxy groups -OCH3 is 1. The molecule has 0 amide bonds. The molecular weight excluding hydrogens is 376 g/mol. The first-order valence-electron chi connectivity index (χ1n) is 10.1. The van der Waals surface area contributed by atoms with E-state index >= 15 is 0 Å². The second-order valence-corrected chi connectivity index (χ2v) is 7.95.